The van der Waals surface area contributed by atoms with Crippen LogP contribution in [0.3, 0.4) is 0 Å². The second kappa shape index (κ2) is 3.48. The summed E-state index contributed by atoms with van der Waals surface area (Å²) in [7, 11) is 0. The van der Waals surface area contributed by atoms with E-state index >= 15 is 0 Å². The van der Waals surface area contributed by atoms with Gasteiger partial charge in [-0.05, 0) is 0 Å². The first-order valence-corrected chi connectivity index (χ1v) is 4.02. The van der Waals surface area contributed by atoms with Crippen molar-refractivity contribution in [3.63, 3.8) is 0 Å². The Morgan fingerprint density at radius 2 is 2.43 bits per heavy atom. The van der Waals surface area contributed by atoms with Crippen molar-refractivity contribution in [1.29, 1.82) is 0 Å². The van der Waals surface area contributed by atoms with Crippen molar-refractivity contribution in [2.45, 2.75) is 0 Å². The van der Waals surface area contributed by atoms with Gasteiger partial charge in [0.1, 0.15) is 0 Å². The van der Waals surface area contributed by atoms with Crippen LogP contribution in [0.1, 0.15) is 0 Å². The summed E-state index contributed by atoms with van der Waals surface area (Å²) in [6.07, 6.45) is 0. The fourth-order valence-corrected chi connectivity index (χ4v) is 1.68. The molecule has 0 saturated carbocycles. The van der Waals surface area contributed by atoms with Crippen LogP contribution in [0.4, 0.5) is 0 Å². The Labute approximate surface area is 53.9 Å². The lowest BCUT2D eigenvalue weighted by atomic mass is 11.5. The molecule has 0 aromatic rings. The minimum atomic E-state index is 0.848. The summed E-state index contributed by atoms with van der Waals surface area (Å²) in [5.41, 5.74) is 0. The minimum Gasteiger partial charge on any atom is -0.232 e. The van der Waals surface area contributed by atoms with Crippen molar-refractivity contribution in [3.8, 4) is 0 Å². The highest BCUT2D eigenvalue weighted by atomic mass is 32.2. The Morgan fingerprint density at radius 1 is 1.43 bits per heavy atom. The molecule has 6 heteroatoms. The molecule has 0 amide bonds. The van der Waals surface area contributed by atoms with Crippen LogP contribution in [0.2, 0.25) is 0 Å². The van der Waals surface area contributed by atoms with E-state index < -0.39 is 0 Å². The van der Waals surface area contributed by atoms with Crippen LogP contribution in [0.5, 0.6) is 0 Å². The maximum atomic E-state index is 3.85. The standard InChI is InChI=1S/CH3N3S3/c1-2-6-4-7-3-5-1/h2H,1H2. The van der Waals surface area contributed by atoms with Gasteiger partial charge in [0.05, 0.1) is 29.4 Å². The second-order valence-corrected chi connectivity index (χ2v) is 3.11. The fraction of sp³-hybridized carbons (Fsp3) is 1.00. The second-order valence-electron chi connectivity index (χ2n) is 0.740. The van der Waals surface area contributed by atoms with Crippen molar-refractivity contribution < 1.29 is 0 Å². The van der Waals surface area contributed by atoms with Crippen molar-refractivity contribution in [2.75, 3.05) is 5.88 Å². The first-order chi connectivity index (χ1) is 3.50. The smallest absolute Gasteiger partial charge is 0.0843 e. The highest BCUT2D eigenvalue weighted by Gasteiger charge is 1.85. The van der Waals surface area contributed by atoms with E-state index in [0.717, 1.165) is 5.88 Å². The molecule has 0 aliphatic carbocycles. The number of rotatable bonds is 0. The lowest BCUT2D eigenvalue weighted by Gasteiger charge is -1.85. The summed E-state index contributed by atoms with van der Waals surface area (Å²) in [6, 6.07) is 0. The van der Waals surface area contributed by atoms with E-state index in [9.17, 15) is 0 Å². The number of nitrogens with zero attached hydrogens (tertiary/aromatic N) is 2. The molecule has 1 rings (SSSR count). The molecule has 0 unspecified atom stereocenters. The van der Waals surface area contributed by atoms with E-state index in [1.165, 1.54) is 35.4 Å². The lowest BCUT2D eigenvalue weighted by molar-refractivity contribution is 1.24. The Balaban J connectivity index is 2.40. The molecule has 0 aromatic heterocycles. The van der Waals surface area contributed by atoms with E-state index in [1.54, 1.807) is 0 Å². The maximum absolute atomic E-state index is 3.85. The Morgan fingerprint density at radius 3 is 3.43 bits per heavy atom. The molecular formula is CH3N3S3. The van der Waals surface area contributed by atoms with Gasteiger partial charge in [0.15, 0.2) is 0 Å². The number of hydrogen-bond donors (Lipinski definition) is 1. The van der Waals surface area contributed by atoms with E-state index in [4.69, 9.17) is 0 Å². The summed E-state index contributed by atoms with van der Waals surface area (Å²) < 4.78 is 10.6. The topological polar surface area (TPSA) is 36.8 Å². The molecule has 0 atom stereocenters. The molecule has 0 aromatic carbocycles. The minimum absolute atomic E-state index is 0.848. The highest BCUT2D eigenvalue weighted by Crippen LogP contribution is 2.05. The van der Waals surface area contributed by atoms with Gasteiger partial charge in [0, 0.05) is 11.9 Å². The Kier molecular flexibility index (Phi) is 2.79. The molecule has 0 bridgehead atoms. The van der Waals surface area contributed by atoms with Crippen molar-refractivity contribution in [2.24, 2.45) is 7.54 Å². The average Bonchev–Trinajstić information content (AvgIpc) is 1.90. The van der Waals surface area contributed by atoms with Crippen LogP contribution < -0.4 is 4.72 Å². The third kappa shape index (κ3) is 2.32. The SMILES string of the molecule is C1NSN=S=NS1. The van der Waals surface area contributed by atoms with Crippen molar-refractivity contribution in [1.82, 2.24) is 4.72 Å². The molecule has 1 aliphatic rings. The van der Waals surface area contributed by atoms with Crippen LogP contribution >= 0.6 is 24.1 Å². The zero-order chi connectivity index (χ0) is 4.95. The summed E-state index contributed by atoms with van der Waals surface area (Å²) >= 11 is 4.05. The summed E-state index contributed by atoms with van der Waals surface area (Å²) in [5, 5.41) is 0. The molecule has 1 aliphatic heterocycles. The first-order valence-electron chi connectivity index (χ1n) is 1.58. The molecule has 1 heterocycles. The third-order valence-corrected chi connectivity index (χ3v) is 2.33. The van der Waals surface area contributed by atoms with Gasteiger partial charge in [0.2, 0.25) is 0 Å². The zero-order valence-corrected chi connectivity index (χ0v) is 5.78. The molecule has 40 valence electrons. The van der Waals surface area contributed by atoms with Gasteiger partial charge >= 0.3 is 0 Å². The Bertz CT molecular complexity index is 94.7. The highest BCUT2D eigenvalue weighted by molar-refractivity contribution is 8.05. The molecule has 1 N–H and O–H groups in total. The van der Waals surface area contributed by atoms with Gasteiger partial charge in [-0.15, -0.1) is 7.54 Å². The van der Waals surface area contributed by atoms with Crippen LogP contribution in [0.15, 0.2) is 7.54 Å². The quantitative estimate of drug-likeness (QED) is 0.531. The van der Waals surface area contributed by atoms with Crippen molar-refractivity contribution in [3.05, 3.63) is 0 Å². The maximum Gasteiger partial charge on any atom is 0.0843 e. The first kappa shape index (κ1) is 5.61. The number of nitrogens with one attached hydrogen (secondary N) is 1. The molecule has 0 fully saturated rings. The van der Waals surface area contributed by atoms with Crippen LogP contribution in [-0.2, 0) is 11.4 Å². The van der Waals surface area contributed by atoms with E-state index in [-0.39, 0.29) is 0 Å². The normalized spacial score (nSPS) is 20.6. The monoisotopic (exact) mass is 153 g/mol. The summed E-state index contributed by atoms with van der Waals surface area (Å²) in [6.45, 7) is 0. The van der Waals surface area contributed by atoms with Gasteiger partial charge in [-0.2, -0.15) is 0 Å². The molecule has 0 radical (unpaired) electrons. The zero-order valence-electron chi connectivity index (χ0n) is 3.33. The summed E-state index contributed by atoms with van der Waals surface area (Å²) in [5.74, 6) is 0.848. The third-order valence-electron chi connectivity index (χ3n) is 0.345. The predicted molar refractivity (Wildman–Crippen MR) is 35.4 cm³/mol. The molecule has 3 nitrogen and oxygen atoms in total. The molecule has 0 spiro atoms. The van der Waals surface area contributed by atoms with Crippen LogP contribution in [0, 0.1) is 0 Å². The molecule has 0 saturated heterocycles. The lowest BCUT2D eigenvalue weighted by Crippen LogP contribution is -1.96. The van der Waals surface area contributed by atoms with Gasteiger partial charge in [-0.3, -0.25) is 0 Å². The van der Waals surface area contributed by atoms with E-state index in [1.807, 2.05) is 0 Å². The van der Waals surface area contributed by atoms with Crippen LogP contribution in [-0.4, -0.2) is 5.88 Å². The molecule has 7 heavy (non-hydrogen) atoms. The Hall–Kier alpha value is 0.480. The number of hydrogen-bond acceptors (Lipinski definition) is 5. The largest absolute Gasteiger partial charge is 0.232 e. The van der Waals surface area contributed by atoms with Gasteiger partial charge in [-0.25, -0.2) is 4.72 Å². The van der Waals surface area contributed by atoms with Gasteiger partial charge in [-0.1, -0.05) is 0 Å². The molecular weight excluding hydrogens is 150 g/mol. The van der Waals surface area contributed by atoms with Gasteiger partial charge < -0.3 is 0 Å². The average molecular weight is 153 g/mol. The fourth-order valence-electron chi connectivity index (χ4n) is 0.159. The van der Waals surface area contributed by atoms with Gasteiger partial charge in [0.25, 0.3) is 0 Å². The summed E-state index contributed by atoms with van der Waals surface area (Å²) in [4.78, 5) is 0. The predicted octanol–water partition coefficient (Wildman–Crippen LogP) is 1.21. The van der Waals surface area contributed by atoms with Crippen molar-refractivity contribution >= 4 is 35.4 Å². The van der Waals surface area contributed by atoms with Crippen LogP contribution in [0.25, 0.3) is 0 Å². The van der Waals surface area contributed by atoms with E-state index in [0.29, 0.717) is 0 Å². The van der Waals surface area contributed by atoms with E-state index in [2.05, 4.69) is 12.3 Å².